The fraction of sp³-hybridized carbons (Fsp3) is 0.417. The van der Waals surface area contributed by atoms with E-state index in [9.17, 15) is 19.3 Å². The number of benzene rings is 1. The van der Waals surface area contributed by atoms with Crippen molar-refractivity contribution in [3.63, 3.8) is 0 Å². The fourth-order valence-electron chi connectivity index (χ4n) is 1.85. The predicted molar refractivity (Wildman–Crippen MR) is 71.7 cm³/mol. The number of hydrogen-bond acceptors (Lipinski definition) is 5. The minimum absolute atomic E-state index is 0.0353. The number of carboxylic acids is 1. The highest BCUT2D eigenvalue weighted by Gasteiger charge is 2.22. The monoisotopic (exact) mass is 285 g/mol. The molecule has 0 aliphatic rings. The molecule has 7 nitrogen and oxygen atoms in total. The van der Waals surface area contributed by atoms with Gasteiger partial charge >= 0.3 is 5.97 Å². The molecule has 0 aliphatic carbocycles. The standard InChI is InChI=1S/C12H16FN3O4/c1-7(6-15(2)3)14-10-5-9(13)8(12(17)18)4-11(10)16(19)20/h4-5,7,14H,6H2,1-3H3,(H,17,18). The van der Waals surface area contributed by atoms with Crippen molar-refractivity contribution >= 4 is 17.3 Å². The van der Waals surface area contributed by atoms with Crippen molar-refractivity contribution in [2.75, 3.05) is 26.0 Å². The second-order valence-electron chi connectivity index (χ2n) is 4.72. The summed E-state index contributed by atoms with van der Waals surface area (Å²) < 4.78 is 13.6. The van der Waals surface area contributed by atoms with Crippen LogP contribution in [0.25, 0.3) is 0 Å². The molecule has 0 radical (unpaired) electrons. The summed E-state index contributed by atoms with van der Waals surface area (Å²) in [4.78, 5) is 22.9. The minimum atomic E-state index is -1.54. The smallest absolute Gasteiger partial charge is 0.338 e. The summed E-state index contributed by atoms with van der Waals surface area (Å²) in [6.07, 6.45) is 0. The Hall–Kier alpha value is -2.22. The Balaban J connectivity index is 3.15. The van der Waals surface area contributed by atoms with Gasteiger partial charge in [-0.05, 0) is 21.0 Å². The summed E-state index contributed by atoms with van der Waals surface area (Å²) in [5.74, 6) is -2.55. The van der Waals surface area contributed by atoms with Crippen LogP contribution in [0.2, 0.25) is 0 Å². The lowest BCUT2D eigenvalue weighted by Crippen LogP contribution is -2.30. The molecule has 0 saturated carbocycles. The molecule has 1 aromatic rings. The highest BCUT2D eigenvalue weighted by atomic mass is 19.1. The lowest BCUT2D eigenvalue weighted by atomic mass is 10.1. The number of nitro groups is 1. The molecule has 8 heteroatoms. The molecule has 0 bridgehead atoms. The molecule has 1 atom stereocenters. The number of carboxylic acid groups (broad SMARTS) is 1. The largest absolute Gasteiger partial charge is 0.478 e. The van der Waals surface area contributed by atoms with E-state index in [1.165, 1.54) is 0 Å². The number of carbonyl (C=O) groups is 1. The third kappa shape index (κ3) is 3.89. The normalized spacial score (nSPS) is 12.2. The molecule has 0 fully saturated rings. The first-order valence-corrected chi connectivity index (χ1v) is 5.85. The van der Waals surface area contributed by atoms with Crippen molar-refractivity contribution < 1.29 is 19.2 Å². The van der Waals surface area contributed by atoms with Gasteiger partial charge in [-0.25, -0.2) is 9.18 Å². The summed E-state index contributed by atoms with van der Waals surface area (Å²) >= 11 is 0. The van der Waals surface area contributed by atoms with Crippen LogP contribution < -0.4 is 5.32 Å². The molecule has 0 spiro atoms. The molecule has 0 saturated heterocycles. The second-order valence-corrected chi connectivity index (χ2v) is 4.72. The summed E-state index contributed by atoms with van der Waals surface area (Å²) in [6, 6.07) is 1.40. The highest BCUT2D eigenvalue weighted by Crippen LogP contribution is 2.28. The highest BCUT2D eigenvalue weighted by molar-refractivity contribution is 5.90. The maximum absolute atomic E-state index is 13.6. The van der Waals surface area contributed by atoms with Gasteiger partial charge in [0.25, 0.3) is 5.69 Å². The van der Waals surface area contributed by atoms with Gasteiger partial charge in [0, 0.05) is 24.7 Å². The van der Waals surface area contributed by atoms with E-state index in [1.807, 2.05) is 19.0 Å². The number of anilines is 1. The molecule has 0 aromatic heterocycles. The van der Waals surface area contributed by atoms with Crippen LogP contribution in [0, 0.1) is 15.9 Å². The molecule has 1 aromatic carbocycles. The number of hydrogen-bond donors (Lipinski definition) is 2. The average Bonchev–Trinajstić information content (AvgIpc) is 2.26. The van der Waals surface area contributed by atoms with Gasteiger partial charge in [0.15, 0.2) is 0 Å². The molecule has 0 aliphatic heterocycles. The number of aromatic carboxylic acids is 1. The van der Waals surface area contributed by atoms with Crippen LogP contribution in [0.1, 0.15) is 17.3 Å². The van der Waals surface area contributed by atoms with E-state index < -0.39 is 28.0 Å². The zero-order valence-corrected chi connectivity index (χ0v) is 11.4. The van der Waals surface area contributed by atoms with Gasteiger partial charge in [-0.1, -0.05) is 0 Å². The summed E-state index contributed by atoms with van der Waals surface area (Å²) in [5.41, 5.74) is -1.22. The van der Waals surface area contributed by atoms with Gasteiger partial charge in [0.05, 0.1) is 4.92 Å². The van der Waals surface area contributed by atoms with E-state index >= 15 is 0 Å². The van der Waals surface area contributed by atoms with Crippen LogP contribution >= 0.6 is 0 Å². The van der Waals surface area contributed by atoms with Gasteiger partial charge in [0.2, 0.25) is 0 Å². The molecule has 0 amide bonds. The van der Waals surface area contributed by atoms with Crippen molar-refractivity contribution in [1.82, 2.24) is 4.90 Å². The molecule has 20 heavy (non-hydrogen) atoms. The fourth-order valence-corrected chi connectivity index (χ4v) is 1.85. The van der Waals surface area contributed by atoms with Crippen molar-refractivity contribution in [3.8, 4) is 0 Å². The number of halogens is 1. The van der Waals surface area contributed by atoms with Gasteiger partial charge in [-0.2, -0.15) is 0 Å². The molecule has 110 valence electrons. The zero-order valence-electron chi connectivity index (χ0n) is 11.4. The molecule has 0 heterocycles. The Kier molecular flexibility index (Phi) is 4.98. The van der Waals surface area contributed by atoms with E-state index in [2.05, 4.69) is 5.32 Å². The van der Waals surface area contributed by atoms with Gasteiger partial charge in [0.1, 0.15) is 17.1 Å². The summed E-state index contributed by atoms with van der Waals surface area (Å²) in [6.45, 7) is 2.37. The van der Waals surface area contributed by atoms with E-state index in [1.54, 1.807) is 6.92 Å². The van der Waals surface area contributed by atoms with Crippen LogP contribution in [-0.2, 0) is 0 Å². The number of nitrogens with zero attached hydrogens (tertiary/aromatic N) is 2. The Morgan fingerprint density at radius 1 is 1.55 bits per heavy atom. The average molecular weight is 285 g/mol. The molecule has 1 rings (SSSR count). The van der Waals surface area contributed by atoms with Crippen molar-refractivity contribution in [2.24, 2.45) is 0 Å². The molecular weight excluding hydrogens is 269 g/mol. The first-order chi connectivity index (χ1) is 9.22. The topological polar surface area (TPSA) is 95.7 Å². The Labute approximate surface area is 115 Å². The SMILES string of the molecule is CC(CN(C)C)Nc1cc(F)c(C(=O)O)cc1[N+](=O)[O-]. The van der Waals surface area contributed by atoms with Crippen LogP contribution in [0.15, 0.2) is 12.1 Å². The zero-order chi connectivity index (χ0) is 15.4. The van der Waals surface area contributed by atoms with Gasteiger partial charge in [-0.3, -0.25) is 10.1 Å². The number of nitrogens with one attached hydrogen (secondary N) is 1. The summed E-state index contributed by atoms with van der Waals surface area (Å²) in [7, 11) is 3.67. The number of likely N-dealkylation sites (N-methyl/N-ethyl adjacent to an activating group) is 1. The van der Waals surface area contributed by atoms with Crippen LogP contribution in [0.5, 0.6) is 0 Å². The van der Waals surface area contributed by atoms with E-state index in [0.717, 1.165) is 12.1 Å². The van der Waals surface area contributed by atoms with Crippen molar-refractivity contribution in [1.29, 1.82) is 0 Å². The van der Waals surface area contributed by atoms with Crippen molar-refractivity contribution in [3.05, 3.63) is 33.6 Å². The predicted octanol–water partition coefficient (Wildman–Crippen LogP) is 1.79. The van der Waals surface area contributed by atoms with E-state index in [-0.39, 0.29) is 11.7 Å². The summed E-state index contributed by atoms with van der Waals surface area (Å²) in [5, 5.41) is 22.5. The Morgan fingerprint density at radius 2 is 2.15 bits per heavy atom. The third-order valence-electron chi connectivity index (χ3n) is 2.55. The Bertz CT molecular complexity index is 534. The van der Waals surface area contributed by atoms with Gasteiger partial charge in [-0.15, -0.1) is 0 Å². The first kappa shape index (κ1) is 15.8. The van der Waals surface area contributed by atoms with E-state index in [0.29, 0.717) is 6.54 Å². The maximum Gasteiger partial charge on any atom is 0.338 e. The van der Waals surface area contributed by atoms with Crippen LogP contribution in [0.3, 0.4) is 0 Å². The molecule has 1 unspecified atom stereocenters. The van der Waals surface area contributed by atoms with Crippen LogP contribution in [-0.4, -0.2) is 47.6 Å². The van der Waals surface area contributed by atoms with Crippen LogP contribution in [0.4, 0.5) is 15.8 Å². The van der Waals surface area contributed by atoms with E-state index in [4.69, 9.17) is 5.11 Å². The second kappa shape index (κ2) is 6.29. The first-order valence-electron chi connectivity index (χ1n) is 5.85. The number of rotatable bonds is 6. The molecular formula is C12H16FN3O4. The number of nitro benzene ring substituents is 1. The third-order valence-corrected chi connectivity index (χ3v) is 2.55. The lowest BCUT2D eigenvalue weighted by molar-refractivity contribution is -0.384. The van der Waals surface area contributed by atoms with Crippen molar-refractivity contribution in [2.45, 2.75) is 13.0 Å². The Morgan fingerprint density at radius 3 is 2.60 bits per heavy atom. The minimum Gasteiger partial charge on any atom is -0.478 e. The molecule has 2 N–H and O–H groups in total. The quantitative estimate of drug-likeness (QED) is 0.611. The maximum atomic E-state index is 13.6. The lowest BCUT2D eigenvalue weighted by Gasteiger charge is -2.19. The van der Waals surface area contributed by atoms with Gasteiger partial charge < -0.3 is 15.3 Å².